The number of halogens is 1. The first kappa shape index (κ1) is 28.2. The van der Waals surface area contributed by atoms with Gasteiger partial charge in [-0.1, -0.05) is 31.2 Å². The highest BCUT2D eigenvalue weighted by Gasteiger charge is 2.34. The number of aromatic nitrogens is 2. The van der Waals surface area contributed by atoms with Gasteiger partial charge in [0.25, 0.3) is 0 Å². The molecule has 0 saturated carbocycles. The van der Waals surface area contributed by atoms with E-state index in [0.717, 1.165) is 59.3 Å². The molecule has 2 aromatic rings. The summed E-state index contributed by atoms with van der Waals surface area (Å²) in [6, 6.07) is 8.73. The summed E-state index contributed by atoms with van der Waals surface area (Å²) in [5, 5.41) is 10.2. The fraction of sp³-hybridized carbons (Fsp3) is 0.533. The monoisotopic (exact) mass is 563 g/mol. The molecule has 1 amide bonds. The van der Waals surface area contributed by atoms with E-state index in [9.17, 15) is 10.1 Å². The van der Waals surface area contributed by atoms with Crippen LogP contribution in [0.4, 0.5) is 11.5 Å². The van der Waals surface area contributed by atoms with Gasteiger partial charge in [-0.05, 0) is 56.5 Å². The summed E-state index contributed by atoms with van der Waals surface area (Å²) in [7, 11) is 2.14. The first-order valence-electron chi connectivity index (χ1n) is 14.1. The minimum Gasteiger partial charge on any atom is -0.462 e. The van der Waals surface area contributed by atoms with Crippen LogP contribution in [-0.2, 0) is 17.8 Å². The van der Waals surface area contributed by atoms with E-state index in [4.69, 9.17) is 26.3 Å². The molecule has 40 heavy (non-hydrogen) atoms. The number of carbonyl (C=O) groups is 1. The molecular formula is C30H38ClN7O2. The van der Waals surface area contributed by atoms with Crippen molar-refractivity contribution < 1.29 is 9.53 Å². The molecule has 1 aromatic carbocycles. The molecule has 0 aliphatic carbocycles. The van der Waals surface area contributed by atoms with E-state index in [-0.39, 0.29) is 18.4 Å². The number of amides is 1. The number of piperazine rings is 1. The van der Waals surface area contributed by atoms with E-state index in [0.29, 0.717) is 50.8 Å². The molecule has 1 unspecified atom stereocenters. The van der Waals surface area contributed by atoms with Crippen LogP contribution in [0.15, 0.2) is 30.9 Å². The highest BCUT2D eigenvalue weighted by atomic mass is 35.5. The van der Waals surface area contributed by atoms with E-state index >= 15 is 0 Å². The van der Waals surface area contributed by atoms with Gasteiger partial charge in [-0.3, -0.25) is 9.69 Å². The minimum absolute atomic E-state index is 0.143. The van der Waals surface area contributed by atoms with Crippen LogP contribution in [0, 0.1) is 24.2 Å². The molecule has 2 fully saturated rings. The van der Waals surface area contributed by atoms with E-state index in [1.165, 1.54) is 6.08 Å². The van der Waals surface area contributed by atoms with Crippen LogP contribution in [0.3, 0.4) is 0 Å². The minimum atomic E-state index is -0.234. The molecule has 0 radical (unpaired) electrons. The molecule has 3 atom stereocenters. The molecule has 0 spiro atoms. The third kappa shape index (κ3) is 5.74. The Morgan fingerprint density at radius 2 is 2.05 bits per heavy atom. The van der Waals surface area contributed by atoms with Crippen LogP contribution >= 0.6 is 11.6 Å². The van der Waals surface area contributed by atoms with Crippen molar-refractivity contribution in [1.82, 2.24) is 19.8 Å². The standard InChI is InChI=1S/C30H38ClN7O2/c1-5-28(39)38-14-13-37(17-22(38)9-11-32)29-24-10-12-36(27-8-6-7-25(31)21(27)3)18-26(24)33-30(34-29)40-19-23-15-20(2)16-35(23)4/h5-8,20,22-23H,1,9-10,12-19H2,2-4H3/t20?,22-,23-/m0/s1. The summed E-state index contributed by atoms with van der Waals surface area (Å²) in [5.41, 5.74) is 4.21. The lowest BCUT2D eigenvalue weighted by atomic mass is 10.0. The second kappa shape index (κ2) is 12.0. The van der Waals surface area contributed by atoms with E-state index in [1.54, 1.807) is 4.90 Å². The number of rotatable bonds is 7. The molecule has 1 aromatic heterocycles. The summed E-state index contributed by atoms with van der Waals surface area (Å²) < 4.78 is 6.28. The number of likely N-dealkylation sites (tertiary alicyclic amines) is 1. The van der Waals surface area contributed by atoms with Crippen LogP contribution in [0.2, 0.25) is 5.02 Å². The van der Waals surface area contributed by atoms with Gasteiger partial charge in [-0.2, -0.15) is 15.2 Å². The third-order valence-corrected chi connectivity index (χ3v) is 8.88. The lowest BCUT2D eigenvalue weighted by Gasteiger charge is -2.42. The second-order valence-electron chi connectivity index (χ2n) is 11.3. The van der Waals surface area contributed by atoms with Crippen molar-refractivity contribution in [3.8, 4) is 12.1 Å². The topological polar surface area (TPSA) is 88.8 Å². The Kier molecular flexibility index (Phi) is 8.48. The molecule has 0 bridgehead atoms. The van der Waals surface area contributed by atoms with Gasteiger partial charge in [0, 0.05) is 55.0 Å². The van der Waals surface area contributed by atoms with Gasteiger partial charge >= 0.3 is 6.01 Å². The van der Waals surface area contributed by atoms with Gasteiger partial charge in [0.2, 0.25) is 5.91 Å². The number of ether oxygens (including phenoxy) is 1. The summed E-state index contributed by atoms with van der Waals surface area (Å²) >= 11 is 6.45. The Morgan fingerprint density at radius 1 is 1.23 bits per heavy atom. The van der Waals surface area contributed by atoms with Gasteiger partial charge in [-0.15, -0.1) is 0 Å². The zero-order valence-corrected chi connectivity index (χ0v) is 24.4. The predicted molar refractivity (Wildman–Crippen MR) is 157 cm³/mol. The first-order chi connectivity index (χ1) is 19.3. The zero-order chi connectivity index (χ0) is 28.4. The fourth-order valence-corrected chi connectivity index (χ4v) is 6.49. The average molecular weight is 564 g/mol. The summed E-state index contributed by atoms with van der Waals surface area (Å²) in [6.07, 6.45) is 3.44. The largest absolute Gasteiger partial charge is 0.462 e. The van der Waals surface area contributed by atoms with Crippen molar-refractivity contribution in [3.05, 3.63) is 52.7 Å². The molecule has 5 rings (SSSR count). The van der Waals surface area contributed by atoms with Crippen molar-refractivity contribution in [1.29, 1.82) is 5.26 Å². The molecule has 4 heterocycles. The SMILES string of the molecule is C=CC(=O)N1CCN(c2nc(OC[C@@H]3CC(C)CN3C)nc3c2CCN(c2cccc(Cl)c2C)C3)C[C@@H]1CC#N. The lowest BCUT2D eigenvalue weighted by molar-refractivity contribution is -0.128. The zero-order valence-electron chi connectivity index (χ0n) is 23.6. The van der Waals surface area contributed by atoms with Gasteiger partial charge in [-0.25, -0.2) is 0 Å². The van der Waals surface area contributed by atoms with Gasteiger partial charge in [0.15, 0.2) is 0 Å². The van der Waals surface area contributed by atoms with Crippen LogP contribution in [0.5, 0.6) is 6.01 Å². The fourth-order valence-electron chi connectivity index (χ4n) is 6.32. The maximum Gasteiger partial charge on any atom is 0.318 e. The highest BCUT2D eigenvalue weighted by molar-refractivity contribution is 6.31. The molecule has 0 N–H and O–H groups in total. The van der Waals surface area contributed by atoms with Gasteiger partial charge in [0.1, 0.15) is 12.4 Å². The maximum atomic E-state index is 12.5. The third-order valence-electron chi connectivity index (χ3n) is 8.47. The van der Waals surface area contributed by atoms with Crippen LogP contribution < -0.4 is 14.5 Å². The molecule has 3 aliphatic heterocycles. The number of benzene rings is 1. The number of hydrogen-bond donors (Lipinski definition) is 0. The second-order valence-corrected chi connectivity index (χ2v) is 11.7. The Morgan fingerprint density at radius 3 is 2.77 bits per heavy atom. The van der Waals surface area contributed by atoms with Crippen molar-refractivity contribution in [2.24, 2.45) is 5.92 Å². The number of likely N-dealkylation sites (N-methyl/N-ethyl adjacent to an activating group) is 1. The molecule has 212 valence electrons. The number of hydrogen-bond acceptors (Lipinski definition) is 8. The van der Waals surface area contributed by atoms with Crippen molar-refractivity contribution in [2.45, 2.75) is 51.7 Å². The van der Waals surface area contributed by atoms with Crippen LogP contribution in [0.1, 0.15) is 36.6 Å². The Balaban J connectivity index is 1.46. The van der Waals surface area contributed by atoms with Crippen LogP contribution in [-0.4, -0.2) is 84.1 Å². The van der Waals surface area contributed by atoms with Crippen molar-refractivity contribution in [3.63, 3.8) is 0 Å². The first-order valence-corrected chi connectivity index (χ1v) is 14.4. The number of fused-ring (bicyclic) bond motifs is 1. The molecular weight excluding hydrogens is 526 g/mol. The number of carbonyl (C=O) groups excluding carboxylic acids is 1. The average Bonchev–Trinajstić information content (AvgIpc) is 3.28. The molecule has 3 aliphatic rings. The Hall–Kier alpha value is -3.35. The van der Waals surface area contributed by atoms with E-state index in [1.807, 2.05) is 19.1 Å². The predicted octanol–water partition coefficient (Wildman–Crippen LogP) is 3.84. The van der Waals surface area contributed by atoms with Crippen molar-refractivity contribution >= 4 is 29.0 Å². The quantitative estimate of drug-likeness (QED) is 0.470. The van der Waals surface area contributed by atoms with Crippen LogP contribution in [0.25, 0.3) is 0 Å². The van der Waals surface area contributed by atoms with Gasteiger partial charge < -0.3 is 19.4 Å². The highest BCUT2D eigenvalue weighted by Crippen LogP contribution is 2.35. The summed E-state index contributed by atoms with van der Waals surface area (Å²) in [4.78, 5) is 31.0. The van der Waals surface area contributed by atoms with Crippen molar-refractivity contribution in [2.75, 3.05) is 56.2 Å². The molecule has 2 saturated heterocycles. The molecule has 10 heteroatoms. The van der Waals surface area contributed by atoms with E-state index in [2.05, 4.69) is 47.4 Å². The van der Waals surface area contributed by atoms with Gasteiger partial charge in [0.05, 0.1) is 30.8 Å². The summed E-state index contributed by atoms with van der Waals surface area (Å²) in [6.45, 7) is 12.6. The number of nitrogens with zero attached hydrogens (tertiary/aromatic N) is 7. The Bertz CT molecular complexity index is 1310. The summed E-state index contributed by atoms with van der Waals surface area (Å²) in [5.74, 6) is 1.35. The maximum absolute atomic E-state index is 12.5. The normalized spacial score (nSPS) is 23.1. The number of anilines is 2. The van der Waals surface area contributed by atoms with E-state index < -0.39 is 0 Å². The number of nitriles is 1. The molecule has 9 nitrogen and oxygen atoms in total. The smallest absolute Gasteiger partial charge is 0.318 e. The lowest BCUT2D eigenvalue weighted by Crippen LogP contribution is -2.55. The Labute approximate surface area is 242 Å².